The number of ether oxygens (including phenoxy) is 2. The fraction of sp³-hybridized carbons (Fsp3) is 0.875. The van der Waals surface area contributed by atoms with Gasteiger partial charge in [0, 0.05) is 36.2 Å². The molecule has 1 atom stereocenters. The van der Waals surface area contributed by atoms with Crippen molar-refractivity contribution in [2.24, 2.45) is 0 Å². The minimum absolute atomic E-state index is 0. The van der Waals surface area contributed by atoms with Crippen LogP contribution in [0.25, 0.3) is 0 Å². The topological polar surface area (TPSA) is 35.5 Å². The van der Waals surface area contributed by atoms with Crippen LogP contribution in [-0.4, -0.2) is 54.8 Å². The van der Waals surface area contributed by atoms with Crippen molar-refractivity contribution in [1.82, 2.24) is 0 Å². The van der Waals surface area contributed by atoms with Crippen LogP contribution in [0.1, 0.15) is 26.2 Å². The van der Waals surface area contributed by atoms with E-state index in [9.17, 15) is 4.79 Å². The molecule has 1 radical (unpaired) electrons. The zero-order valence-electron chi connectivity index (χ0n) is 7.84. The molecule has 0 aromatic heterocycles. The Bertz CT molecular complexity index is 132. The first-order valence-corrected chi connectivity index (χ1v) is 4.13. The SMILES string of the molecule is CCOC(=O)C1CCCCO1.[Na]. The van der Waals surface area contributed by atoms with Crippen LogP contribution in [-0.2, 0) is 14.3 Å². The van der Waals surface area contributed by atoms with Gasteiger partial charge in [-0.25, -0.2) is 4.79 Å². The van der Waals surface area contributed by atoms with Gasteiger partial charge < -0.3 is 9.47 Å². The molecule has 0 N–H and O–H groups in total. The van der Waals surface area contributed by atoms with Crippen LogP contribution in [0, 0.1) is 0 Å². The van der Waals surface area contributed by atoms with E-state index < -0.39 is 0 Å². The minimum atomic E-state index is -0.288. The van der Waals surface area contributed by atoms with Crippen molar-refractivity contribution < 1.29 is 14.3 Å². The third-order valence-corrected chi connectivity index (χ3v) is 1.73. The molecule has 0 amide bonds. The number of carbonyl (C=O) groups excluding carboxylic acids is 1. The van der Waals surface area contributed by atoms with Gasteiger partial charge in [-0.2, -0.15) is 0 Å². The maximum Gasteiger partial charge on any atom is 0.335 e. The van der Waals surface area contributed by atoms with E-state index in [0.29, 0.717) is 13.2 Å². The second-order valence-corrected chi connectivity index (χ2v) is 2.61. The maximum absolute atomic E-state index is 11.1. The summed E-state index contributed by atoms with van der Waals surface area (Å²) >= 11 is 0. The Morgan fingerprint density at radius 3 is 2.83 bits per heavy atom. The molecule has 4 heteroatoms. The fourth-order valence-corrected chi connectivity index (χ4v) is 1.16. The Kier molecular flexibility index (Phi) is 7.14. The molecule has 1 heterocycles. The van der Waals surface area contributed by atoms with Crippen molar-refractivity contribution in [2.75, 3.05) is 13.2 Å². The number of hydrogen-bond acceptors (Lipinski definition) is 3. The Morgan fingerprint density at radius 2 is 2.33 bits per heavy atom. The van der Waals surface area contributed by atoms with E-state index in [2.05, 4.69) is 0 Å². The van der Waals surface area contributed by atoms with Crippen molar-refractivity contribution in [3.8, 4) is 0 Å². The van der Waals surface area contributed by atoms with Gasteiger partial charge in [-0.15, -0.1) is 0 Å². The van der Waals surface area contributed by atoms with E-state index >= 15 is 0 Å². The zero-order valence-corrected chi connectivity index (χ0v) is 9.84. The summed E-state index contributed by atoms with van der Waals surface area (Å²) in [6.07, 6.45) is 2.67. The van der Waals surface area contributed by atoms with Gasteiger partial charge in [-0.05, 0) is 26.2 Å². The number of carbonyl (C=O) groups is 1. The maximum atomic E-state index is 11.1. The number of rotatable bonds is 2. The largest absolute Gasteiger partial charge is 0.464 e. The van der Waals surface area contributed by atoms with Gasteiger partial charge in [0.1, 0.15) is 0 Å². The molecule has 1 saturated heterocycles. The van der Waals surface area contributed by atoms with Crippen LogP contribution in [0.5, 0.6) is 0 Å². The second kappa shape index (κ2) is 6.89. The third-order valence-electron chi connectivity index (χ3n) is 1.73. The predicted octanol–water partition coefficient (Wildman–Crippen LogP) is 0.738. The molecule has 3 nitrogen and oxygen atoms in total. The quantitative estimate of drug-likeness (QED) is 0.465. The Balaban J connectivity index is 0.00000121. The van der Waals surface area contributed by atoms with E-state index in [4.69, 9.17) is 9.47 Å². The van der Waals surface area contributed by atoms with Gasteiger partial charge in [-0.3, -0.25) is 0 Å². The van der Waals surface area contributed by atoms with Crippen LogP contribution in [0.3, 0.4) is 0 Å². The summed E-state index contributed by atoms with van der Waals surface area (Å²) in [4.78, 5) is 11.1. The number of hydrogen-bond donors (Lipinski definition) is 0. The molecule has 1 fully saturated rings. The van der Waals surface area contributed by atoms with Gasteiger partial charge in [0.25, 0.3) is 0 Å². The first-order chi connectivity index (χ1) is 5.34. The molecule has 0 saturated carbocycles. The Morgan fingerprint density at radius 1 is 1.58 bits per heavy atom. The van der Waals surface area contributed by atoms with Crippen LogP contribution in [0.4, 0.5) is 0 Å². The first kappa shape index (κ1) is 12.4. The molecule has 1 aliphatic heterocycles. The van der Waals surface area contributed by atoms with Gasteiger partial charge in [-0.1, -0.05) is 0 Å². The Hall–Kier alpha value is 0.430. The van der Waals surface area contributed by atoms with E-state index in [1.54, 1.807) is 6.92 Å². The van der Waals surface area contributed by atoms with Gasteiger partial charge >= 0.3 is 5.97 Å². The summed E-state index contributed by atoms with van der Waals surface area (Å²) in [5, 5.41) is 0. The van der Waals surface area contributed by atoms with E-state index in [1.807, 2.05) is 0 Å². The summed E-state index contributed by atoms with van der Waals surface area (Å²) in [6.45, 7) is 2.95. The molecule has 0 bridgehead atoms. The molecule has 0 spiro atoms. The fourth-order valence-electron chi connectivity index (χ4n) is 1.16. The summed E-state index contributed by atoms with van der Waals surface area (Å²) in [5.74, 6) is -0.202. The van der Waals surface area contributed by atoms with Gasteiger partial charge in [0.2, 0.25) is 0 Å². The summed E-state index contributed by atoms with van der Waals surface area (Å²) in [7, 11) is 0. The molecule has 0 aromatic rings. The molecule has 0 aromatic carbocycles. The summed E-state index contributed by atoms with van der Waals surface area (Å²) < 4.78 is 10.0. The van der Waals surface area contributed by atoms with Gasteiger partial charge in [0.15, 0.2) is 6.10 Å². The van der Waals surface area contributed by atoms with Crippen LogP contribution in [0.2, 0.25) is 0 Å². The predicted molar refractivity (Wildman–Crippen MR) is 46.0 cm³/mol. The van der Waals surface area contributed by atoms with Crippen LogP contribution < -0.4 is 0 Å². The summed E-state index contributed by atoms with van der Waals surface area (Å²) in [6, 6.07) is 0. The standard InChI is InChI=1S/C8H14O3.Na/c1-2-10-8(9)7-5-3-4-6-11-7;/h7H,2-6H2,1H3;. The van der Waals surface area contributed by atoms with Crippen molar-refractivity contribution in [2.45, 2.75) is 32.3 Å². The smallest absolute Gasteiger partial charge is 0.335 e. The second-order valence-electron chi connectivity index (χ2n) is 2.61. The molecular formula is C8H14NaO3. The molecule has 12 heavy (non-hydrogen) atoms. The first-order valence-electron chi connectivity index (χ1n) is 4.13. The van der Waals surface area contributed by atoms with Crippen molar-refractivity contribution in [3.63, 3.8) is 0 Å². The Labute approximate surface area is 95.1 Å². The molecule has 1 rings (SSSR count). The van der Waals surface area contributed by atoms with Crippen molar-refractivity contribution in [1.29, 1.82) is 0 Å². The van der Waals surface area contributed by atoms with E-state index in [0.717, 1.165) is 19.3 Å². The monoisotopic (exact) mass is 181 g/mol. The minimum Gasteiger partial charge on any atom is -0.464 e. The van der Waals surface area contributed by atoms with E-state index in [1.165, 1.54) is 0 Å². The third kappa shape index (κ3) is 3.90. The molecule has 65 valence electrons. The van der Waals surface area contributed by atoms with Crippen molar-refractivity contribution >= 4 is 35.5 Å². The summed E-state index contributed by atoms with van der Waals surface area (Å²) in [5.41, 5.74) is 0. The average Bonchev–Trinajstić information content (AvgIpc) is 2.07. The van der Waals surface area contributed by atoms with Crippen LogP contribution in [0.15, 0.2) is 0 Å². The zero-order chi connectivity index (χ0) is 8.10. The molecular weight excluding hydrogens is 167 g/mol. The van der Waals surface area contributed by atoms with Crippen molar-refractivity contribution in [3.05, 3.63) is 0 Å². The normalized spacial score (nSPS) is 22.6. The molecule has 1 aliphatic rings. The van der Waals surface area contributed by atoms with E-state index in [-0.39, 0.29) is 41.6 Å². The number of esters is 1. The molecule has 1 unspecified atom stereocenters. The average molecular weight is 181 g/mol. The molecule has 0 aliphatic carbocycles. The van der Waals surface area contributed by atoms with Gasteiger partial charge in [0.05, 0.1) is 6.61 Å². The van der Waals surface area contributed by atoms with Crippen LogP contribution >= 0.6 is 0 Å².